The van der Waals surface area contributed by atoms with Crippen molar-refractivity contribution in [3.05, 3.63) is 53.9 Å². The molecule has 6 heteroatoms. The predicted octanol–water partition coefficient (Wildman–Crippen LogP) is 3.11. The highest BCUT2D eigenvalue weighted by Crippen LogP contribution is 2.34. The van der Waals surface area contributed by atoms with E-state index in [2.05, 4.69) is 15.2 Å². The fourth-order valence-electron chi connectivity index (χ4n) is 3.89. The number of pyridine rings is 1. The first-order chi connectivity index (χ1) is 14.0. The molecule has 29 heavy (non-hydrogen) atoms. The molecule has 6 nitrogen and oxygen atoms in total. The maximum absolute atomic E-state index is 12.7. The molecule has 4 rings (SSSR count). The lowest BCUT2D eigenvalue weighted by Gasteiger charge is -2.42. The number of carboxylic acid groups (broad SMARTS) is 1. The maximum atomic E-state index is 12.7. The van der Waals surface area contributed by atoms with E-state index in [1.165, 1.54) is 18.4 Å². The van der Waals surface area contributed by atoms with Gasteiger partial charge in [0.1, 0.15) is 0 Å². The maximum Gasteiger partial charge on any atom is 0.317 e. The first-order valence-electron chi connectivity index (χ1n) is 10.3. The number of amides is 1. The van der Waals surface area contributed by atoms with Crippen LogP contribution in [-0.2, 0) is 4.79 Å². The zero-order chi connectivity index (χ0) is 20.4. The van der Waals surface area contributed by atoms with Crippen molar-refractivity contribution in [2.24, 2.45) is 5.92 Å². The summed E-state index contributed by atoms with van der Waals surface area (Å²) in [5, 5.41) is 12.2. The Bertz CT molecular complexity index is 886. The average molecular weight is 393 g/mol. The third-order valence-corrected chi connectivity index (χ3v) is 5.88. The lowest BCUT2D eigenvalue weighted by molar-refractivity contribution is -0.139. The number of hydrogen-bond acceptors (Lipinski definition) is 4. The van der Waals surface area contributed by atoms with E-state index in [-0.39, 0.29) is 24.5 Å². The minimum atomic E-state index is -0.780. The normalized spacial score (nSPS) is 20.9. The van der Waals surface area contributed by atoms with Gasteiger partial charge >= 0.3 is 5.97 Å². The first kappa shape index (κ1) is 19.6. The number of aryl methyl sites for hydroxylation is 1. The lowest BCUT2D eigenvalue weighted by Crippen LogP contribution is -2.55. The van der Waals surface area contributed by atoms with Crippen LogP contribution in [0.3, 0.4) is 0 Å². The fourth-order valence-corrected chi connectivity index (χ4v) is 3.89. The minimum absolute atomic E-state index is 0.0876. The van der Waals surface area contributed by atoms with Crippen LogP contribution in [0.4, 0.5) is 0 Å². The quantitative estimate of drug-likeness (QED) is 0.720. The molecule has 2 aliphatic rings. The smallest absolute Gasteiger partial charge is 0.317 e. The Labute approximate surface area is 171 Å². The van der Waals surface area contributed by atoms with Gasteiger partial charge in [-0.25, -0.2) is 0 Å². The summed E-state index contributed by atoms with van der Waals surface area (Å²) in [6.07, 6.45) is 7.36. The number of rotatable bonds is 8. The van der Waals surface area contributed by atoms with Gasteiger partial charge in [-0.3, -0.25) is 19.5 Å². The summed E-state index contributed by atoms with van der Waals surface area (Å²) in [7, 11) is 0. The number of aromatic nitrogens is 1. The van der Waals surface area contributed by atoms with Gasteiger partial charge in [0.2, 0.25) is 0 Å². The Balaban J connectivity index is 1.34. The summed E-state index contributed by atoms with van der Waals surface area (Å²) in [5.41, 5.74) is 3.69. The standard InChI is InChI=1S/C23H27N3O3/c1-15-2-6-17(7-3-15)18-8-19(12-24-11-18)23(29)25-20-9-21(10-20)26(14-22(27)28)13-16-4-5-16/h2-3,6-8,11-12,16,20-21H,4-5,9-10,13-14H2,1H3,(H,25,29)(H,27,28). The van der Waals surface area contributed by atoms with Crippen molar-refractivity contribution in [3.63, 3.8) is 0 Å². The van der Waals surface area contributed by atoms with Gasteiger partial charge in [0.15, 0.2) is 0 Å². The lowest BCUT2D eigenvalue weighted by atomic mass is 9.85. The topological polar surface area (TPSA) is 82.5 Å². The van der Waals surface area contributed by atoms with Crippen LogP contribution < -0.4 is 5.32 Å². The predicted molar refractivity (Wildman–Crippen MR) is 111 cm³/mol. The summed E-state index contributed by atoms with van der Waals surface area (Å²) < 4.78 is 0. The molecule has 2 saturated carbocycles. The molecular weight excluding hydrogens is 366 g/mol. The van der Waals surface area contributed by atoms with Crippen molar-refractivity contribution in [1.82, 2.24) is 15.2 Å². The summed E-state index contributed by atoms with van der Waals surface area (Å²) in [4.78, 5) is 30.1. The van der Waals surface area contributed by atoms with E-state index in [4.69, 9.17) is 5.11 Å². The third-order valence-electron chi connectivity index (χ3n) is 5.88. The number of carbonyl (C=O) groups is 2. The molecule has 0 spiro atoms. The number of nitrogens with one attached hydrogen (secondary N) is 1. The van der Waals surface area contributed by atoms with E-state index in [1.54, 1.807) is 12.4 Å². The molecule has 0 aliphatic heterocycles. The largest absolute Gasteiger partial charge is 0.480 e. The summed E-state index contributed by atoms with van der Waals surface area (Å²) in [6, 6.07) is 10.3. The van der Waals surface area contributed by atoms with Crippen molar-refractivity contribution < 1.29 is 14.7 Å². The van der Waals surface area contributed by atoms with Gasteiger partial charge in [-0.15, -0.1) is 0 Å². The second-order valence-electron chi connectivity index (χ2n) is 8.39. The van der Waals surface area contributed by atoms with Crippen molar-refractivity contribution in [3.8, 4) is 11.1 Å². The highest BCUT2D eigenvalue weighted by atomic mass is 16.4. The number of carboxylic acids is 1. The van der Waals surface area contributed by atoms with Crippen LogP contribution in [0.1, 0.15) is 41.6 Å². The van der Waals surface area contributed by atoms with Gasteiger partial charge in [0.05, 0.1) is 12.1 Å². The van der Waals surface area contributed by atoms with Crippen LogP contribution in [0.15, 0.2) is 42.7 Å². The molecule has 1 aromatic heterocycles. The molecule has 2 aromatic rings. The summed E-state index contributed by atoms with van der Waals surface area (Å²) in [6.45, 7) is 2.99. The highest BCUT2D eigenvalue weighted by molar-refractivity contribution is 5.95. The zero-order valence-electron chi connectivity index (χ0n) is 16.7. The molecule has 0 radical (unpaired) electrons. The van der Waals surface area contributed by atoms with Gasteiger partial charge in [0, 0.05) is 36.6 Å². The summed E-state index contributed by atoms with van der Waals surface area (Å²) >= 11 is 0. The highest BCUT2D eigenvalue weighted by Gasteiger charge is 2.37. The Morgan fingerprint density at radius 1 is 1.14 bits per heavy atom. The van der Waals surface area contributed by atoms with Gasteiger partial charge < -0.3 is 10.4 Å². The molecule has 152 valence electrons. The van der Waals surface area contributed by atoms with Crippen LogP contribution in [0.25, 0.3) is 11.1 Å². The number of carbonyl (C=O) groups excluding carboxylic acids is 1. The summed E-state index contributed by atoms with van der Waals surface area (Å²) in [5.74, 6) is -0.252. The molecule has 0 atom stereocenters. The van der Waals surface area contributed by atoms with Crippen LogP contribution in [0.2, 0.25) is 0 Å². The monoisotopic (exact) mass is 393 g/mol. The van der Waals surface area contributed by atoms with Crippen molar-refractivity contribution in [2.45, 2.75) is 44.7 Å². The SMILES string of the molecule is Cc1ccc(-c2cncc(C(=O)NC3CC(N(CC(=O)O)CC4CC4)C3)c2)cc1. The van der Waals surface area contributed by atoms with E-state index in [0.717, 1.165) is 30.5 Å². The molecule has 0 unspecified atom stereocenters. The molecule has 2 aliphatic carbocycles. The minimum Gasteiger partial charge on any atom is -0.480 e. The van der Waals surface area contributed by atoms with Crippen molar-refractivity contribution in [2.75, 3.05) is 13.1 Å². The molecule has 0 bridgehead atoms. The first-order valence-corrected chi connectivity index (χ1v) is 10.3. The van der Waals surface area contributed by atoms with Crippen LogP contribution in [0.5, 0.6) is 0 Å². The Hall–Kier alpha value is -2.73. The number of hydrogen-bond donors (Lipinski definition) is 2. The molecule has 1 amide bonds. The molecular formula is C23H27N3O3. The Morgan fingerprint density at radius 3 is 2.52 bits per heavy atom. The van der Waals surface area contributed by atoms with Gasteiger partial charge in [-0.2, -0.15) is 0 Å². The second kappa shape index (κ2) is 8.33. The van der Waals surface area contributed by atoms with E-state index in [1.807, 2.05) is 37.3 Å². The van der Waals surface area contributed by atoms with Crippen LogP contribution in [-0.4, -0.2) is 52.0 Å². The van der Waals surface area contributed by atoms with Crippen molar-refractivity contribution in [1.29, 1.82) is 0 Å². The number of aliphatic carboxylic acids is 1. The number of benzene rings is 1. The molecule has 1 heterocycles. The van der Waals surface area contributed by atoms with Gasteiger partial charge in [-0.1, -0.05) is 29.8 Å². The van der Waals surface area contributed by atoms with Gasteiger partial charge in [0.25, 0.3) is 5.91 Å². The Morgan fingerprint density at radius 2 is 1.86 bits per heavy atom. The van der Waals surface area contributed by atoms with E-state index in [9.17, 15) is 9.59 Å². The molecule has 0 saturated heterocycles. The molecule has 1 aromatic carbocycles. The van der Waals surface area contributed by atoms with E-state index < -0.39 is 5.97 Å². The Kier molecular flexibility index (Phi) is 5.62. The van der Waals surface area contributed by atoms with Crippen LogP contribution >= 0.6 is 0 Å². The van der Waals surface area contributed by atoms with E-state index >= 15 is 0 Å². The van der Waals surface area contributed by atoms with Gasteiger partial charge in [-0.05, 0) is 50.2 Å². The molecule has 2 N–H and O–H groups in total. The van der Waals surface area contributed by atoms with Crippen molar-refractivity contribution >= 4 is 11.9 Å². The molecule has 2 fully saturated rings. The second-order valence-corrected chi connectivity index (χ2v) is 8.39. The average Bonchev–Trinajstić information content (AvgIpc) is 3.48. The number of nitrogens with zero attached hydrogens (tertiary/aromatic N) is 2. The zero-order valence-corrected chi connectivity index (χ0v) is 16.7. The third kappa shape index (κ3) is 5.01. The van der Waals surface area contributed by atoms with Crippen LogP contribution in [0, 0.1) is 12.8 Å². The van der Waals surface area contributed by atoms with E-state index in [0.29, 0.717) is 11.5 Å². The fraction of sp³-hybridized carbons (Fsp3) is 0.435.